The van der Waals surface area contributed by atoms with E-state index in [0.29, 0.717) is 29.0 Å². The Bertz CT molecular complexity index is 1020. The van der Waals surface area contributed by atoms with Crippen molar-refractivity contribution in [3.63, 3.8) is 0 Å². The van der Waals surface area contributed by atoms with Crippen LogP contribution in [0.5, 0.6) is 0 Å². The van der Waals surface area contributed by atoms with Gasteiger partial charge in [0.2, 0.25) is 11.8 Å². The first-order valence-corrected chi connectivity index (χ1v) is 10.1. The third kappa shape index (κ3) is 5.15. The van der Waals surface area contributed by atoms with Crippen LogP contribution in [0.2, 0.25) is 5.02 Å². The number of ether oxygens (including phenoxy) is 2. The molecular formula is C20H23ClN4O6. The number of carbonyl (C=O) groups excluding carboxylic acids is 4. The van der Waals surface area contributed by atoms with Crippen LogP contribution in [-0.2, 0) is 23.9 Å². The monoisotopic (exact) mass is 450 g/mol. The maximum atomic E-state index is 12.7. The summed E-state index contributed by atoms with van der Waals surface area (Å²) in [5.41, 5.74) is 0.882. The molecule has 3 N–H and O–H groups in total. The summed E-state index contributed by atoms with van der Waals surface area (Å²) < 4.78 is 9.67. The average Bonchev–Trinajstić information content (AvgIpc) is 3.08. The highest BCUT2D eigenvalue weighted by molar-refractivity contribution is 6.31. The van der Waals surface area contributed by atoms with Crippen LogP contribution in [-0.4, -0.2) is 73.0 Å². The van der Waals surface area contributed by atoms with Crippen molar-refractivity contribution in [3.8, 4) is 0 Å². The molecule has 0 aliphatic carbocycles. The predicted molar refractivity (Wildman–Crippen MR) is 113 cm³/mol. The molecule has 1 fully saturated rings. The van der Waals surface area contributed by atoms with Crippen LogP contribution < -0.4 is 10.6 Å². The lowest BCUT2D eigenvalue weighted by Gasteiger charge is -2.32. The summed E-state index contributed by atoms with van der Waals surface area (Å²) in [4.78, 5) is 53.5. The molecule has 2 amide bonds. The molecule has 166 valence electrons. The Morgan fingerprint density at radius 1 is 1.32 bits per heavy atom. The fourth-order valence-electron chi connectivity index (χ4n) is 3.40. The number of piperazine rings is 1. The van der Waals surface area contributed by atoms with Gasteiger partial charge in [-0.1, -0.05) is 11.6 Å². The van der Waals surface area contributed by atoms with Gasteiger partial charge in [-0.3, -0.25) is 14.4 Å². The van der Waals surface area contributed by atoms with Crippen molar-refractivity contribution >= 4 is 51.9 Å². The lowest BCUT2D eigenvalue weighted by atomic mass is 10.1. The second kappa shape index (κ2) is 9.80. The second-order valence-corrected chi connectivity index (χ2v) is 7.32. The summed E-state index contributed by atoms with van der Waals surface area (Å²) in [5, 5.41) is 6.61. The maximum Gasteiger partial charge on any atom is 0.356 e. The Morgan fingerprint density at radius 2 is 2.10 bits per heavy atom. The summed E-state index contributed by atoms with van der Waals surface area (Å²) in [6, 6.07) is 4.19. The quantitative estimate of drug-likeness (QED) is 0.542. The molecule has 2 aromatic rings. The van der Waals surface area contributed by atoms with Gasteiger partial charge in [-0.05, 0) is 25.1 Å². The van der Waals surface area contributed by atoms with Gasteiger partial charge >= 0.3 is 11.9 Å². The molecule has 0 radical (unpaired) electrons. The second-order valence-electron chi connectivity index (χ2n) is 6.88. The molecule has 0 saturated carbocycles. The number of methoxy groups -OCH3 is 1. The number of hydrogen-bond acceptors (Lipinski definition) is 7. The van der Waals surface area contributed by atoms with Crippen LogP contribution in [0.25, 0.3) is 10.9 Å². The molecule has 10 nitrogen and oxygen atoms in total. The number of carbonyl (C=O) groups is 4. The molecule has 2 heterocycles. The van der Waals surface area contributed by atoms with Gasteiger partial charge in [0.05, 0.1) is 38.4 Å². The average molecular weight is 451 g/mol. The fraction of sp³-hybridized carbons (Fsp3) is 0.400. The van der Waals surface area contributed by atoms with E-state index >= 15 is 0 Å². The minimum atomic E-state index is -0.752. The molecule has 1 aromatic carbocycles. The summed E-state index contributed by atoms with van der Waals surface area (Å²) >= 11 is 6.06. The highest BCUT2D eigenvalue weighted by Gasteiger charge is 2.32. The molecule has 1 aliphatic heterocycles. The van der Waals surface area contributed by atoms with E-state index in [4.69, 9.17) is 21.1 Å². The molecule has 0 bridgehead atoms. The van der Waals surface area contributed by atoms with Crippen molar-refractivity contribution in [1.82, 2.24) is 15.2 Å². The molecule has 1 aliphatic rings. The molecule has 1 atom stereocenters. The van der Waals surface area contributed by atoms with E-state index in [9.17, 15) is 19.2 Å². The van der Waals surface area contributed by atoms with Crippen molar-refractivity contribution in [2.45, 2.75) is 19.4 Å². The summed E-state index contributed by atoms with van der Waals surface area (Å²) in [7, 11) is 1.23. The first-order valence-electron chi connectivity index (χ1n) is 9.71. The molecule has 1 aromatic heterocycles. The topological polar surface area (TPSA) is 130 Å². The van der Waals surface area contributed by atoms with Gasteiger partial charge < -0.3 is 30.0 Å². The van der Waals surface area contributed by atoms with Crippen LogP contribution in [0, 0.1) is 0 Å². The number of benzene rings is 1. The van der Waals surface area contributed by atoms with Crippen LogP contribution in [0.4, 0.5) is 5.69 Å². The number of rotatable bonds is 7. The fourth-order valence-corrected chi connectivity index (χ4v) is 3.57. The van der Waals surface area contributed by atoms with Gasteiger partial charge in [-0.25, -0.2) is 4.79 Å². The Hall–Kier alpha value is -3.11. The number of hydrogen-bond donors (Lipinski definition) is 3. The highest BCUT2D eigenvalue weighted by Crippen LogP contribution is 2.30. The van der Waals surface area contributed by atoms with Crippen molar-refractivity contribution in [3.05, 3.63) is 28.9 Å². The van der Waals surface area contributed by atoms with E-state index in [0.717, 1.165) is 0 Å². The zero-order valence-electron chi connectivity index (χ0n) is 17.1. The minimum Gasteiger partial charge on any atom is -0.466 e. The van der Waals surface area contributed by atoms with E-state index in [1.807, 2.05) is 0 Å². The Morgan fingerprint density at radius 3 is 2.81 bits per heavy atom. The zero-order valence-corrected chi connectivity index (χ0v) is 17.9. The molecule has 1 unspecified atom stereocenters. The number of aromatic nitrogens is 1. The Balaban J connectivity index is 1.75. The van der Waals surface area contributed by atoms with E-state index in [2.05, 4.69) is 15.6 Å². The number of H-pyrrole nitrogens is 1. The zero-order chi connectivity index (χ0) is 22.5. The third-order valence-electron chi connectivity index (χ3n) is 4.81. The number of amides is 2. The van der Waals surface area contributed by atoms with Crippen LogP contribution in [0.15, 0.2) is 18.2 Å². The summed E-state index contributed by atoms with van der Waals surface area (Å²) in [6.07, 6.45) is -0.113. The van der Waals surface area contributed by atoms with E-state index in [-0.39, 0.29) is 36.9 Å². The van der Waals surface area contributed by atoms with E-state index < -0.39 is 23.9 Å². The number of aromatic amines is 1. The summed E-state index contributed by atoms with van der Waals surface area (Å²) in [6.45, 7) is 2.40. The first kappa shape index (κ1) is 22.6. The normalized spacial score (nSPS) is 16.3. The number of esters is 2. The SMILES string of the molecule is CCOC(=O)CC1NCCN(CC(=O)Nc2c(C(=O)OC)[nH]c3ccc(Cl)cc23)C1=O. The van der Waals surface area contributed by atoms with Crippen LogP contribution in [0.3, 0.4) is 0 Å². The Labute approximate surface area is 183 Å². The van der Waals surface area contributed by atoms with Crippen molar-refractivity contribution in [2.24, 2.45) is 0 Å². The minimum absolute atomic E-state index is 0.0694. The highest BCUT2D eigenvalue weighted by atomic mass is 35.5. The van der Waals surface area contributed by atoms with Crippen molar-refractivity contribution < 1.29 is 28.7 Å². The van der Waals surface area contributed by atoms with Gasteiger partial charge in [-0.2, -0.15) is 0 Å². The standard InChI is InChI=1S/C20H23ClN4O6/c1-3-31-16(27)9-14-19(28)25(7-6-22-14)10-15(26)24-17-12-8-11(21)4-5-13(12)23-18(17)20(29)30-2/h4-5,8,14,22-23H,3,6-7,9-10H2,1-2H3,(H,24,26). The number of anilines is 1. The van der Waals surface area contributed by atoms with Gasteiger partial charge in [-0.15, -0.1) is 0 Å². The predicted octanol–water partition coefficient (Wildman–Crippen LogP) is 1.30. The molecule has 1 saturated heterocycles. The van der Waals surface area contributed by atoms with Gasteiger partial charge in [0.25, 0.3) is 0 Å². The molecule has 3 rings (SSSR count). The van der Waals surface area contributed by atoms with Gasteiger partial charge in [0, 0.05) is 29.0 Å². The number of nitrogens with one attached hydrogen (secondary N) is 3. The Kier molecular flexibility index (Phi) is 7.13. The smallest absolute Gasteiger partial charge is 0.356 e. The summed E-state index contributed by atoms with van der Waals surface area (Å²) in [5.74, 6) is -2.02. The largest absolute Gasteiger partial charge is 0.466 e. The molecule has 11 heteroatoms. The first-order chi connectivity index (χ1) is 14.8. The van der Waals surface area contributed by atoms with Gasteiger partial charge in [0.1, 0.15) is 5.69 Å². The van der Waals surface area contributed by atoms with Crippen molar-refractivity contribution in [1.29, 1.82) is 0 Å². The molecule has 0 spiro atoms. The number of fused-ring (bicyclic) bond motifs is 1. The number of nitrogens with zero attached hydrogens (tertiary/aromatic N) is 1. The van der Waals surface area contributed by atoms with E-state index in [1.165, 1.54) is 12.0 Å². The lowest BCUT2D eigenvalue weighted by Crippen LogP contribution is -2.57. The molecular weight excluding hydrogens is 428 g/mol. The lowest BCUT2D eigenvalue weighted by molar-refractivity contribution is -0.148. The molecule has 31 heavy (non-hydrogen) atoms. The van der Waals surface area contributed by atoms with Crippen LogP contribution in [0.1, 0.15) is 23.8 Å². The number of halogens is 1. The van der Waals surface area contributed by atoms with E-state index in [1.54, 1.807) is 25.1 Å². The van der Waals surface area contributed by atoms with Crippen molar-refractivity contribution in [2.75, 3.05) is 38.7 Å². The maximum absolute atomic E-state index is 12.7. The van der Waals surface area contributed by atoms with Gasteiger partial charge in [0.15, 0.2) is 0 Å². The third-order valence-corrected chi connectivity index (χ3v) is 5.04. The van der Waals surface area contributed by atoms with Crippen LogP contribution >= 0.6 is 11.6 Å².